The lowest BCUT2D eigenvalue weighted by molar-refractivity contribution is -0.141. The summed E-state index contributed by atoms with van der Waals surface area (Å²) in [6.45, 7) is 10.6. The van der Waals surface area contributed by atoms with Crippen LogP contribution in [-0.2, 0) is 26.2 Å². The summed E-state index contributed by atoms with van der Waals surface area (Å²) < 4.78 is 29.2. The maximum absolute atomic E-state index is 14.2. The van der Waals surface area contributed by atoms with Gasteiger partial charge in [0, 0.05) is 22.1 Å². The molecule has 1 atom stereocenters. The number of hydrogen-bond donors (Lipinski definition) is 1. The van der Waals surface area contributed by atoms with Crippen molar-refractivity contribution in [3.63, 3.8) is 0 Å². The molecule has 3 aromatic rings. The van der Waals surface area contributed by atoms with Gasteiger partial charge in [-0.25, -0.2) is 8.42 Å². The quantitative estimate of drug-likeness (QED) is 0.280. The van der Waals surface area contributed by atoms with Crippen LogP contribution in [0.5, 0.6) is 0 Å². The molecule has 0 unspecified atom stereocenters. The first-order chi connectivity index (χ1) is 19.1. The predicted molar refractivity (Wildman–Crippen MR) is 166 cm³/mol. The van der Waals surface area contributed by atoms with Crippen molar-refractivity contribution in [3.05, 3.63) is 93.5 Å². The van der Waals surface area contributed by atoms with Crippen LogP contribution in [0.4, 0.5) is 5.69 Å². The van der Waals surface area contributed by atoms with Gasteiger partial charge in [-0.3, -0.25) is 13.9 Å². The molecule has 41 heavy (non-hydrogen) atoms. The first-order valence-electron chi connectivity index (χ1n) is 13.3. The summed E-state index contributed by atoms with van der Waals surface area (Å²) in [5, 5.41) is 3.83. The van der Waals surface area contributed by atoms with E-state index in [0.29, 0.717) is 22.0 Å². The second-order valence-corrected chi connectivity index (χ2v) is 13.8. The molecule has 0 saturated heterocycles. The molecular formula is C31H37Cl2N3O4S. The van der Waals surface area contributed by atoms with Crippen molar-refractivity contribution < 1.29 is 18.0 Å². The molecule has 0 heterocycles. The number of nitrogens with one attached hydrogen (secondary N) is 1. The standard InChI is InChI=1S/C31H37Cl2N3O4S/c1-7-27(30(38)34-31(4,5)6)35(19-23-11-14-24(32)15-12-23)29(37)20-36(28-18-25(33)13-10-22(28)3)41(39,40)26-16-8-21(2)9-17-26/h8-18,27H,7,19-20H2,1-6H3,(H,34,38)/t27-/m0/s1. The minimum Gasteiger partial charge on any atom is -0.350 e. The number of benzene rings is 3. The third-order valence-corrected chi connectivity index (χ3v) is 8.74. The summed E-state index contributed by atoms with van der Waals surface area (Å²) in [5.74, 6) is -0.861. The van der Waals surface area contributed by atoms with E-state index in [-0.39, 0.29) is 23.0 Å². The van der Waals surface area contributed by atoms with Gasteiger partial charge in [-0.15, -0.1) is 0 Å². The molecule has 0 radical (unpaired) electrons. The van der Waals surface area contributed by atoms with Crippen molar-refractivity contribution in [1.82, 2.24) is 10.2 Å². The van der Waals surface area contributed by atoms with Gasteiger partial charge < -0.3 is 10.2 Å². The molecule has 10 heteroatoms. The molecule has 0 saturated carbocycles. The number of carbonyl (C=O) groups excluding carboxylic acids is 2. The molecule has 3 aromatic carbocycles. The van der Waals surface area contributed by atoms with E-state index in [1.54, 1.807) is 55.5 Å². The summed E-state index contributed by atoms with van der Waals surface area (Å²) in [7, 11) is -4.19. The Morgan fingerprint density at radius 1 is 0.902 bits per heavy atom. The highest BCUT2D eigenvalue weighted by Crippen LogP contribution is 2.30. The number of sulfonamides is 1. The molecule has 0 bridgehead atoms. The van der Waals surface area contributed by atoms with E-state index in [1.165, 1.54) is 23.1 Å². The van der Waals surface area contributed by atoms with Gasteiger partial charge in [0.1, 0.15) is 12.6 Å². The van der Waals surface area contributed by atoms with Crippen molar-refractivity contribution in [2.24, 2.45) is 0 Å². The van der Waals surface area contributed by atoms with Crippen molar-refractivity contribution in [2.45, 2.75) is 71.0 Å². The van der Waals surface area contributed by atoms with E-state index >= 15 is 0 Å². The van der Waals surface area contributed by atoms with E-state index in [1.807, 2.05) is 34.6 Å². The molecule has 2 amide bonds. The fourth-order valence-electron chi connectivity index (χ4n) is 4.36. The molecule has 0 spiro atoms. The van der Waals surface area contributed by atoms with E-state index in [9.17, 15) is 18.0 Å². The van der Waals surface area contributed by atoms with Crippen LogP contribution in [0.15, 0.2) is 71.6 Å². The maximum Gasteiger partial charge on any atom is 0.264 e. The van der Waals surface area contributed by atoms with Gasteiger partial charge in [-0.05, 0) is 88.6 Å². The van der Waals surface area contributed by atoms with Gasteiger partial charge in [0.2, 0.25) is 11.8 Å². The Morgan fingerprint density at radius 2 is 1.49 bits per heavy atom. The monoisotopic (exact) mass is 617 g/mol. The largest absolute Gasteiger partial charge is 0.350 e. The fraction of sp³-hybridized carbons (Fsp3) is 0.355. The summed E-state index contributed by atoms with van der Waals surface area (Å²) in [6, 6.07) is 17.5. The molecule has 220 valence electrons. The van der Waals surface area contributed by atoms with Gasteiger partial charge in [0.05, 0.1) is 10.6 Å². The van der Waals surface area contributed by atoms with Crippen LogP contribution in [0.3, 0.4) is 0 Å². The van der Waals surface area contributed by atoms with Gasteiger partial charge in [-0.2, -0.15) is 0 Å². The molecule has 0 aliphatic carbocycles. The molecule has 3 rings (SSSR count). The van der Waals surface area contributed by atoms with Gasteiger partial charge >= 0.3 is 0 Å². The average Bonchev–Trinajstić information content (AvgIpc) is 2.89. The zero-order valence-corrected chi connectivity index (χ0v) is 26.6. The van der Waals surface area contributed by atoms with E-state index in [4.69, 9.17) is 23.2 Å². The summed E-state index contributed by atoms with van der Waals surface area (Å²) >= 11 is 12.4. The minimum atomic E-state index is -4.19. The first-order valence-corrected chi connectivity index (χ1v) is 15.5. The highest BCUT2D eigenvalue weighted by atomic mass is 35.5. The average molecular weight is 619 g/mol. The normalized spacial score (nSPS) is 12.5. The third kappa shape index (κ3) is 8.47. The lowest BCUT2D eigenvalue weighted by atomic mass is 10.1. The van der Waals surface area contributed by atoms with Crippen molar-refractivity contribution in [1.29, 1.82) is 0 Å². The van der Waals surface area contributed by atoms with Crippen molar-refractivity contribution in [3.8, 4) is 0 Å². The van der Waals surface area contributed by atoms with Crippen LogP contribution in [0, 0.1) is 13.8 Å². The van der Waals surface area contributed by atoms with Crippen LogP contribution in [-0.4, -0.2) is 43.3 Å². The Morgan fingerprint density at radius 3 is 2.05 bits per heavy atom. The van der Waals surface area contributed by atoms with Crippen LogP contribution in [0.1, 0.15) is 50.8 Å². The topological polar surface area (TPSA) is 86.8 Å². The van der Waals surface area contributed by atoms with Gasteiger partial charge in [0.25, 0.3) is 10.0 Å². The summed E-state index contributed by atoms with van der Waals surface area (Å²) in [6.07, 6.45) is 0.322. The second kappa shape index (κ2) is 13.3. The minimum absolute atomic E-state index is 0.0389. The summed E-state index contributed by atoms with van der Waals surface area (Å²) in [4.78, 5) is 29.1. The second-order valence-electron chi connectivity index (χ2n) is 11.1. The number of rotatable bonds is 10. The van der Waals surface area contributed by atoms with Gasteiger partial charge in [0.15, 0.2) is 0 Å². The third-order valence-electron chi connectivity index (χ3n) is 6.48. The number of nitrogens with zero attached hydrogens (tertiary/aromatic N) is 2. The lowest BCUT2D eigenvalue weighted by Gasteiger charge is -2.35. The Hall–Kier alpha value is -3.07. The molecular weight excluding hydrogens is 581 g/mol. The number of anilines is 1. The van der Waals surface area contributed by atoms with E-state index in [0.717, 1.165) is 15.4 Å². The SMILES string of the molecule is CC[C@@H](C(=O)NC(C)(C)C)N(Cc1ccc(Cl)cc1)C(=O)CN(c1cc(Cl)ccc1C)S(=O)(=O)c1ccc(C)cc1. The zero-order chi connectivity index (χ0) is 30.5. The smallest absolute Gasteiger partial charge is 0.264 e. The predicted octanol–water partition coefficient (Wildman–Crippen LogP) is 6.53. The number of hydrogen-bond acceptors (Lipinski definition) is 4. The zero-order valence-electron chi connectivity index (χ0n) is 24.2. The van der Waals surface area contributed by atoms with Crippen molar-refractivity contribution in [2.75, 3.05) is 10.8 Å². The fourth-order valence-corrected chi connectivity index (χ4v) is 6.12. The molecule has 0 fully saturated rings. The Bertz CT molecular complexity index is 1490. The molecule has 0 aliphatic rings. The molecule has 1 N–H and O–H groups in total. The first kappa shape index (κ1) is 32.4. The maximum atomic E-state index is 14.2. The van der Waals surface area contributed by atoms with Crippen LogP contribution in [0.25, 0.3) is 0 Å². The van der Waals surface area contributed by atoms with E-state index in [2.05, 4.69) is 5.32 Å². The van der Waals surface area contributed by atoms with Crippen LogP contribution >= 0.6 is 23.2 Å². The molecule has 7 nitrogen and oxygen atoms in total. The molecule has 0 aromatic heterocycles. The Kier molecular flexibility index (Phi) is 10.5. The number of halogens is 2. The highest BCUT2D eigenvalue weighted by molar-refractivity contribution is 7.92. The van der Waals surface area contributed by atoms with Crippen molar-refractivity contribution >= 4 is 50.7 Å². The lowest BCUT2D eigenvalue weighted by Crippen LogP contribution is -2.55. The Balaban J connectivity index is 2.11. The summed E-state index contributed by atoms with van der Waals surface area (Å²) in [5.41, 5.74) is 2.02. The van der Waals surface area contributed by atoms with E-state index < -0.39 is 34.1 Å². The number of aryl methyl sites for hydroxylation is 2. The Labute approximate surface area is 253 Å². The molecule has 0 aliphatic heterocycles. The van der Waals surface area contributed by atoms with Gasteiger partial charge in [-0.1, -0.05) is 66.0 Å². The highest BCUT2D eigenvalue weighted by Gasteiger charge is 2.35. The number of carbonyl (C=O) groups is 2. The van der Waals surface area contributed by atoms with Crippen LogP contribution in [0.2, 0.25) is 10.0 Å². The van der Waals surface area contributed by atoms with Crippen LogP contribution < -0.4 is 9.62 Å². The number of amides is 2.